The van der Waals surface area contributed by atoms with Crippen molar-refractivity contribution < 1.29 is 0 Å². The van der Waals surface area contributed by atoms with E-state index in [0.29, 0.717) is 0 Å². The summed E-state index contributed by atoms with van der Waals surface area (Å²) in [6, 6.07) is 10.2. The first-order chi connectivity index (χ1) is 10.7. The molecule has 1 aliphatic rings. The molecular weight excluding hydrogens is 312 g/mol. The molecule has 0 atom stereocenters. The standard InChI is InChI=1S/C18H17ClN2S/c1-12-15-4-2-3-5-16(15)17(10-20)18(21-12)22-11-13-6-8-14(19)9-7-13/h6-9H,2-5,11H2,1H3. The summed E-state index contributed by atoms with van der Waals surface area (Å²) in [6.45, 7) is 2.07. The summed E-state index contributed by atoms with van der Waals surface area (Å²) in [5.41, 5.74) is 5.61. The average Bonchev–Trinajstić information content (AvgIpc) is 2.54. The topological polar surface area (TPSA) is 36.7 Å². The molecule has 4 heteroatoms. The van der Waals surface area contributed by atoms with Crippen LogP contribution in [0.25, 0.3) is 0 Å². The van der Waals surface area contributed by atoms with Gasteiger partial charge in [0.25, 0.3) is 0 Å². The van der Waals surface area contributed by atoms with Crippen molar-refractivity contribution in [1.29, 1.82) is 5.26 Å². The van der Waals surface area contributed by atoms with E-state index in [-0.39, 0.29) is 0 Å². The number of benzene rings is 1. The smallest absolute Gasteiger partial charge is 0.115 e. The summed E-state index contributed by atoms with van der Waals surface area (Å²) in [4.78, 5) is 4.70. The molecule has 1 heterocycles. The lowest BCUT2D eigenvalue weighted by molar-refractivity contribution is 0.669. The number of pyridine rings is 1. The zero-order chi connectivity index (χ0) is 15.5. The van der Waals surface area contributed by atoms with Crippen LogP contribution in [0.1, 0.15) is 40.8 Å². The maximum absolute atomic E-state index is 9.58. The molecule has 0 bridgehead atoms. The van der Waals surface area contributed by atoms with Crippen LogP contribution in [0.2, 0.25) is 5.02 Å². The summed E-state index contributed by atoms with van der Waals surface area (Å²) in [7, 11) is 0. The van der Waals surface area contributed by atoms with E-state index in [2.05, 4.69) is 13.0 Å². The second kappa shape index (κ2) is 6.73. The zero-order valence-electron chi connectivity index (χ0n) is 12.5. The van der Waals surface area contributed by atoms with Gasteiger partial charge in [0.2, 0.25) is 0 Å². The summed E-state index contributed by atoms with van der Waals surface area (Å²) in [6.07, 6.45) is 4.45. The third-order valence-corrected chi connectivity index (χ3v) is 5.39. The normalized spacial score (nSPS) is 13.5. The van der Waals surface area contributed by atoms with Gasteiger partial charge in [0.1, 0.15) is 11.1 Å². The van der Waals surface area contributed by atoms with Crippen LogP contribution in [0.15, 0.2) is 29.3 Å². The van der Waals surface area contributed by atoms with Gasteiger partial charge < -0.3 is 0 Å². The Kier molecular flexibility index (Phi) is 4.71. The second-order valence-corrected chi connectivity index (χ2v) is 6.97. The van der Waals surface area contributed by atoms with Gasteiger partial charge in [-0.1, -0.05) is 23.7 Å². The molecular formula is C18H17ClN2S. The number of aryl methyl sites for hydroxylation is 1. The first-order valence-electron chi connectivity index (χ1n) is 7.48. The lowest BCUT2D eigenvalue weighted by atomic mass is 9.88. The number of rotatable bonds is 3. The van der Waals surface area contributed by atoms with Crippen LogP contribution in [0.3, 0.4) is 0 Å². The first-order valence-corrected chi connectivity index (χ1v) is 8.85. The number of halogens is 1. The van der Waals surface area contributed by atoms with Crippen LogP contribution < -0.4 is 0 Å². The van der Waals surface area contributed by atoms with E-state index in [4.69, 9.17) is 16.6 Å². The fraction of sp³-hybridized carbons (Fsp3) is 0.333. The van der Waals surface area contributed by atoms with Crippen molar-refractivity contribution >= 4 is 23.4 Å². The van der Waals surface area contributed by atoms with E-state index in [1.807, 2.05) is 24.3 Å². The molecule has 0 N–H and O–H groups in total. The van der Waals surface area contributed by atoms with Gasteiger partial charge in [-0.15, -0.1) is 11.8 Å². The SMILES string of the molecule is Cc1nc(SCc2ccc(Cl)cc2)c(C#N)c2c1CCCC2. The molecule has 22 heavy (non-hydrogen) atoms. The van der Waals surface area contributed by atoms with Crippen LogP contribution >= 0.6 is 23.4 Å². The van der Waals surface area contributed by atoms with Crippen LogP contribution in [0.5, 0.6) is 0 Å². The average molecular weight is 329 g/mol. The van der Waals surface area contributed by atoms with Crippen LogP contribution in [-0.2, 0) is 18.6 Å². The van der Waals surface area contributed by atoms with Gasteiger partial charge in [-0.3, -0.25) is 0 Å². The molecule has 3 rings (SSSR count). The highest BCUT2D eigenvalue weighted by Gasteiger charge is 2.20. The van der Waals surface area contributed by atoms with Crippen molar-refractivity contribution in [1.82, 2.24) is 4.98 Å². The molecule has 0 amide bonds. The monoisotopic (exact) mass is 328 g/mol. The third kappa shape index (κ3) is 3.14. The quantitative estimate of drug-likeness (QED) is 0.737. The lowest BCUT2D eigenvalue weighted by Crippen LogP contribution is -2.10. The summed E-state index contributed by atoms with van der Waals surface area (Å²) in [5, 5.41) is 11.2. The Bertz CT molecular complexity index is 732. The summed E-state index contributed by atoms with van der Waals surface area (Å²) < 4.78 is 0. The largest absolute Gasteiger partial charge is 0.245 e. The van der Waals surface area contributed by atoms with Crippen LogP contribution in [-0.4, -0.2) is 4.98 Å². The summed E-state index contributed by atoms with van der Waals surface area (Å²) in [5.74, 6) is 0.803. The van der Waals surface area contributed by atoms with Gasteiger partial charge in [-0.05, 0) is 61.4 Å². The number of fused-ring (bicyclic) bond motifs is 1. The Labute approximate surface area is 140 Å². The molecule has 0 spiro atoms. The van der Waals surface area contributed by atoms with Gasteiger partial charge >= 0.3 is 0 Å². The Morgan fingerprint density at radius 2 is 1.86 bits per heavy atom. The van der Waals surface area contributed by atoms with Crippen molar-refractivity contribution in [3.63, 3.8) is 0 Å². The predicted octanol–water partition coefficient (Wildman–Crippen LogP) is 5.09. The van der Waals surface area contributed by atoms with Crippen LogP contribution in [0.4, 0.5) is 0 Å². The Morgan fingerprint density at radius 1 is 1.18 bits per heavy atom. The van der Waals surface area contributed by atoms with Crippen molar-refractivity contribution in [3.05, 3.63) is 57.2 Å². The highest BCUT2D eigenvalue weighted by atomic mass is 35.5. The minimum absolute atomic E-state index is 0.745. The Balaban J connectivity index is 1.89. The minimum Gasteiger partial charge on any atom is -0.245 e. The molecule has 2 aromatic rings. The maximum Gasteiger partial charge on any atom is 0.115 e. The van der Waals surface area contributed by atoms with E-state index in [1.54, 1.807) is 11.8 Å². The lowest BCUT2D eigenvalue weighted by Gasteiger charge is -2.20. The third-order valence-electron chi connectivity index (χ3n) is 4.09. The zero-order valence-corrected chi connectivity index (χ0v) is 14.1. The van der Waals surface area contributed by atoms with Crippen molar-refractivity contribution in [2.45, 2.75) is 43.4 Å². The summed E-state index contributed by atoms with van der Waals surface area (Å²) >= 11 is 7.56. The molecule has 0 unspecified atom stereocenters. The van der Waals surface area contributed by atoms with Crippen molar-refractivity contribution in [2.75, 3.05) is 0 Å². The second-order valence-electron chi connectivity index (χ2n) is 5.57. The number of hydrogen-bond donors (Lipinski definition) is 0. The van der Waals surface area contributed by atoms with E-state index in [9.17, 15) is 5.26 Å². The number of aromatic nitrogens is 1. The fourth-order valence-corrected chi connectivity index (χ4v) is 4.07. The molecule has 0 radical (unpaired) electrons. The molecule has 0 saturated heterocycles. The Hall–Kier alpha value is -1.50. The number of hydrogen-bond acceptors (Lipinski definition) is 3. The fourth-order valence-electron chi connectivity index (χ4n) is 2.94. The predicted molar refractivity (Wildman–Crippen MR) is 91.3 cm³/mol. The van der Waals surface area contributed by atoms with Gasteiger partial charge in [-0.25, -0.2) is 4.98 Å². The molecule has 0 aliphatic heterocycles. The van der Waals surface area contributed by atoms with Crippen molar-refractivity contribution in [3.8, 4) is 6.07 Å². The van der Waals surface area contributed by atoms with Gasteiger partial charge in [-0.2, -0.15) is 5.26 Å². The van der Waals surface area contributed by atoms with Crippen molar-refractivity contribution in [2.24, 2.45) is 0 Å². The molecule has 1 aromatic carbocycles. The van der Waals surface area contributed by atoms with Crippen LogP contribution in [0, 0.1) is 18.3 Å². The van der Waals surface area contributed by atoms with Gasteiger partial charge in [0, 0.05) is 16.5 Å². The van der Waals surface area contributed by atoms with E-state index >= 15 is 0 Å². The molecule has 0 fully saturated rings. The Morgan fingerprint density at radius 3 is 2.55 bits per heavy atom. The molecule has 1 aliphatic carbocycles. The van der Waals surface area contributed by atoms with E-state index in [1.165, 1.54) is 29.5 Å². The number of nitrogens with zero attached hydrogens (tertiary/aromatic N) is 2. The van der Waals surface area contributed by atoms with Gasteiger partial charge in [0.15, 0.2) is 0 Å². The number of nitriles is 1. The first kappa shape index (κ1) is 15.4. The van der Waals surface area contributed by atoms with Gasteiger partial charge in [0.05, 0.1) is 5.56 Å². The molecule has 2 nitrogen and oxygen atoms in total. The number of thioether (sulfide) groups is 1. The molecule has 0 saturated carbocycles. The van der Waals surface area contributed by atoms with E-state index < -0.39 is 0 Å². The molecule has 1 aromatic heterocycles. The highest BCUT2D eigenvalue weighted by Crippen LogP contribution is 2.33. The maximum atomic E-state index is 9.58. The minimum atomic E-state index is 0.745. The molecule has 112 valence electrons. The van der Waals surface area contributed by atoms with E-state index in [0.717, 1.165) is 39.9 Å². The highest BCUT2D eigenvalue weighted by molar-refractivity contribution is 7.98.